The molecule has 2 rings (SSSR count). The van der Waals surface area contributed by atoms with Crippen LogP contribution in [0.5, 0.6) is 0 Å². The Labute approximate surface area is 105 Å². The molecule has 1 atom stereocenters. The minimum absolute atomic E-state index is 0.354. The third-order valence-electron chi connectivity index (χ3n) is 2.48. The summed E-state index contributed by atoms with van der Waals surface area (Å²) in [5, 5.41) is 0. The second-order valence-electron chi connectivity index (χ2n) is 4.25. The summed E-state index contributed by atoms with van der Waals surface area (Å²) in [6, 6.07) is 10.2. The fourth-order valence-electron chi connectivity index (χ4n) is 1.59. The standard InChI is InChI=1S/C13H17N3S/c1-10(2)12-13(16-17(3)15-12)14-9-11-7-5-4-6-8-11/h4-8,10H,3,9H2,1-2H3,(H,14,16). The molecule has 0 saturated carbocycles. The molecule has 0 aliphatic carbocycles. The lowest BCUT2D eigenvalue weighted by Crippen LogP contribution is -2.25. The highest BCUT2D eigenvalue weighted by molar-refractivity contribution is 8.12. The number of amidine groups is 1. The number of rotatable bonds is 3. The second-order valence-corrected chi connectivity index (χ2v) is 5.36. The molecule has 1 unspecified atom stereocenters. The van der Waals surface area contributed by atoms with Crippen LogP contribution in [-0.4, -0.2) is 17.4 Å². The molecule has 1 aromatic rings. The van der Waals surface area contributed by atoms with Crippen LogP contribution in [0, 0.1) is 5.92 Å². The Kier molecular flexibility index (Phi) is 3.74. The predicted molar refractivity (Wildman–Crippen MR) is 77.7 cm³/mol. The fourth-order valence-corrected chi connectivity index (χ4v) is 2.57. The maximum absolute atomic E-state index is 4.59. The van der Waals surface area contributed by atoms with Crippen molar-refractivity contribution in [2.75, 3.05) is 0 Å². The molecule has 4 heteroatoms. The minimum atomic E-state index is -0.354. The zero-order chi connectivity index (χ0) is 12.3. The zero-order valence-corrected chi connectivity index (χ0v) is 11.0. The SMILES string of the molecule is C=S1N=C(C(C)C)C(=NCc2ccccc2)N1. The van der Waals surface area contributed by atoms with Gasteiger partial charge in [0, 0.05) is 16.8 Å². The van der Waals surface area contributed by atoms with Crippen molar-refractivity contribution in [1.82, 2.24) is 4.72 Å². The summed E-state index contributed by atoms with van der Waals surface area (Å²) in [4.78, 5) is 4.59. The average Bonchev–Trinajstić information content (AvgIpc) is 2.69. The van der Waals surface area contributed by atoms with Gasteiger partial charge in [-0.05, 0) is 11.4 Å². The molecule has 17 heavy (non-hydrogen) atoms. The number of hydrogen-bond acceptors (Lipinski definition) is 2. The van der Waals surface area contributed by atoms with E-state index in [0.29, 0.717) is 12.5 Å². The molecular formula is C13H17N3S. The first-order chi connectivity index (χ1) is 8.16. The van der Waals surface area contributed by atoms with Crippen LogP contribution in [0.15, 0.2) is 39.7 Å². The van der Waals surface area contributed by atoms with Crippen LogP contribution in [0.2, 0.25) is 0 Å². The van der Waals surface area contributed by atoms with E-state index in [0.717, 1.165) is 11.5 Å². The Morgan fingerprint density at radius 2 is 2.06 bits per heavy atom. The maximum Gasteiger partial charge on any atom is 0.155 e. The lowest BCUT2D eigenvalue weighted by Gasteiger charge is -2.05. The van der Waals surface area contributed by atoms with Crippen molar-refractivity contribution in [3.05, 3.63) is 35.9 Å². The van der Waals surface area contributed by atoms with E-state index in [1.54, 1.807) is 0 Å². The average molecular weight is 247 g/mol. The molecule has 1 aliphatic heterocycles. The molecule has 3 nitrogen and oxygen atoms in total. The largest absolute Gasteiger partial charge is 0.302 e. The van der Waals surface area contributed by atoms with E-state index in [1.165, 1.54) is 5.56 Å². The molecule has 1 heterocycles. The van der Waals surface area contributed by atoms with Crippen LogP contribution >= 0.6 is 10.9 Å². The molecule has 0 amide bonds. The number of nitrogens with one attached hydrogen (secondary N) is 1. The van der Waals surface area contributed by atoms with Gasteiger partial charge in [-0.2, -0.15) is 0 Å². The van der Waals surface area contributed by atoms with Gasteiger partial charge in [-0.15, -0.1) is 0 Å². The Morgan fingerprint density at radius 1 is 1.35 bits per heavy atom. The van der Waals surface area contributed by atoms with Crippen molar-refractivity contribution in [3.8, 4) is 0 Å². The summed E-state index contributed by atoms with van der Waals surface area (Å²) in [6.45, 7) is 4.94. The smallest absolute Gasteiger partial charge is 0.155 e. The molecule has 1 N–H and O–H groups in total. The van der Waals surface area contributed by atoms with Crippen LogP contribution in [0.3, 0.4) is 0 Å². The third-order valence-corrected chi connectivity index (χ3v) is 3.32. The minimum Gasteiger partial charge on any atom is -0.302 e. The van der Waals surface area contributed by atoms with Gasteiger partial charge in [0.1, 0.15) is 0 Å². The quantitative estimate of drug-likeness (QED) is 0.819. The Morgan fingerprint density at radius 3 is 2.71 bits per heavy atom. The predicted octanol–water partition coefficient (Wildman–Crippen LogP) is 2.82. The molecule has 0 fully saturated rings. The van der Waals surface area contributed by atoms with Crippen molar-refractivity contribution in [3.63, 3.8) is 0 Å². The summed E-state index contributed by atoms with van der Waals surface area (Å²) < 4.78 is 7.69. The van der Waals surface area contributed by atoms with Gasteiger partial charge < -0.3 is 4.72 Å². The number of hydrogen-bond donors (Lipinski definition) is 1. The lowest BCUT2D eigenvalue weighted by molar-refractivity contribution is 0.895. The number of nitrogens with zero attached hydrogens (tertiary/aromatic N) is 2. The molecular weight excluding hydrogens is 230 g/mol. The van der Waals surface area contributed by atoms with Gasteiger partial charge in [0.05, 0.1) is 12.3 Å². The lowest BCUT2D eigenvalue weighted by atomic mass is 10.1. The van der Waals surface area contributed by atoms with E-state index in [-0.39, 0.29) is 10.9 Å². The second kappa shape index (κ2) is 5.27. The van der Waals surface area contributed by atoms with Gasteiger partial charge in [-0.1, -0.05) is 44.2 Å². The molecule has 0 bridgehead atoms. The number of benzene rings is 1. The van der Waals surface area contributed by atoms with E-state index >= 15 is 0 Å². The Balaban J connectivity index is 2.13. The molecule has 1 aliphatic rings. The van der Waals surface area contributed by atoms with Gasteiger partial charge in [-0.3, -0.25) is 4.99 Å². The van der Waals surface area contributed by atoms with Crippen molar-refractivity contribution in [2.45, 2.75) is 20.4 Å². The summed E-state index contributed by atoms with van der Waals surface area (Å²) in [5.74, 6) is 5.21. The Bertz CT molecular complexity index is 475. The Hall–Kier alpha value is -1.42. The van der Waals surface area contributed by atoms with Gasteiger partial charge >= 0.3 is 0 Å². The highest BCUT2D eigenvalue weighted by Gasteiger charge is 2.19. The third kappa shape index (κ3) is 3.03. The van der Waals surface area contributed by atoms with Crippen LogP contribution < -0.4 is 4.72 Å². The fraction of sp³-hybridized carbons (Fsp3) is 0.308. The van der Waals surface area contributed by atoms with Crippen molar-refractivity contribution in [1.29, 1.82) is 0 Å². The van der Waals surface area contributed by atoms with E-state index in [9.17, 15) is 0 Å². The summed E-state index contributed by atoms with van der Waals surface area (Å²) in [5.41, 5.74) is 2.25. The van der Waals surface area contributed by atoms with E-state index < -0.39 is 0 Å². The van der Waals surface area contributed by atoms with Gasteiger partial charge in [0.25, 0.3) is 0 Å². The topological polar surface area (TPSA) is 36.8 Å². The number of aliphatic imine (C=N–C) groups is 1. The molecule has 1 aromatic carbocycles. The van der Waals surface area contributed by atoms with Crippen LogP contribution in [0.25, 0.3) is 0 Å². The summed E-state index contributed by atoms with van der Waals surface area (Å²) >= 11 is 0. The van der Waals surface area contributed by atoms with E-state index in [4.69, 9.17) is 0 Å². The van der Waals surface area contributed by atoms with Gasteiger partial charge in [0.15, 0.2) is 5.84 Å². The highest BCUT2D eigenvalue weighted by atomic mass is 32.2. The van der Waals surface area contributed by atoms with Crippen LogP contribution in [0.1, 0.15) is 19.4 Å². The summed E-state index contributed by atoms with van der Waals surface area (Å²) in [6.07, 6.45) is 0. The van der Waals surface area contributed by atoms with Crippen molar-refractivity contribution in [2.24, 2.45) is 15.3 Å². The van der Waals surface area contributed by atoms with Gasteiger partial charge in [-0.25, -0.2) is 4.40 Å². The van der Waals surface area contributed by atoms with E-state index in [2.05, 4.69) is 46.0 Å². The molecule has 0 radical (unpaired) electrons. The monoisotopic (exact) mass is 247 g/mol. The molecule has 0 aromatic heterocycles. The van der Waals surface area contributed by atoms with Crippen molar-refractivity contribution >= 4 is 28.3 Å². The molecule has 0 saturated heterocycles. The zero-order valence-electron chi connectivity index (χ0n) is 10.2. The normalized spacial score (nSPS) is 21.7. The van der Waals surface area contributed by atoms with Gasteiger partial charge in [0.2, 0.25) is 0 Å². The summed E-state index contributed by atoms with van der Waals surface area (Å²) in [7, 11) is -0.354. The maximum atomic E-state index is 4.59. The first kappa shape index (κ1) is 12.0. The van der Waals surface area contributed by atoms with E-state index in [1.807, 2.05) is 18.2 Å². The molecule has 0 spiro atoms. The van der Waals surface area contributed by atoms with Crippen molar-refractivity contribution < 1.29 is 0 Å². The first-order valence-corrected chi connectivity index (χ1v) is 7.00. The highest BCUT2D eigenvalue weighted by Crippen LogP contribution is 2.18. The molecule has 90 valence electrons. The first-order valence-electron chi connectivity index (χ1n) is 5.65. The van der Waals surface area contributed by atoms with Crippen LogP contribution in [0.4, 0.5) is 0 Å². The van der Waals surface area contributed by atoms with Crippen LogP contribution in [-0.2, 0) is 6.54 Å².